The first-order chi connectivity index (χ1) is 7.83. The van der Waals surface area contributed by atoms with Gasteiger partial charge in [-0.1, -0.05) is 5.16 Å². The Balaban J connectivity index is 2.70. The number of hydrogen-bond acceptors (Lipinski definition) is 6. The molecular weight excluding hydrogens is 216 g/mol. The van der Waals surface area contributed by atoms with Crippen LogP contribution in [-0.2, 0) is 4.74 Å². The zero-order valence-electron chi connectivity index (χ0n) is 8.83. The van der Waals surface area contributed by atoms with Gasteiger partial charge < -0.3 is 20.0 Å². The van der Waals surface area contributed by atoms with Gasteiger partial charge in [-0.05, 0) is 0 Å². The first kappa shape index (κ1) is 12.7. The van der Waals surface area contributed by atoms with Gasteiger partial charge in [-0.15, -0.1) is 0 Å². The quantitative estimate of drug-likeness (QED) is 0.199. The van der Waals surface area contributed by atoms with Crippen LogP contribution in [-0.4, -0.2) is 71.5 Å². The molecule has 8 heteroatoms. The number of rotatable bonds is 2. The van der Waals surface area contributed by atoms with Crippen LogP contribution < -0.4 is 5.48 Å². The van der Waals surface area contributed by atoms with Crippen LogP contribution in [0.4, 0.5) is 0 Å². The van der Waals surface area contributed by atoms with E-state index in [0.29, 0.717) is 26.3 Å². The Morgan fingerprint density at radius 1 is 1.38 bits per heavy atom. The van der Waals surface area contributed by atoms with Crippen molar-refractivity contribution in [1.29, 1.82) is 0 Å². The van der Waals surface area contributed by atoms with Gasteiger partial charge in [0, 0.05) is 13.1 Å². The summed E-state index contributed by atoms with van der Waals surface area (Å²) in [5, 5.41) is 29.5. The van der Waals surface area contributed by atoms with Crippen LogP contribution in [0.2, 0.25) is 0 Å². The number of ether oxygens (including phenoxy) is 1. The number of aliphatic imine (C=N–C) groups is 1. The van der Waals surface area contributed by atoms with Crippen LogP contribution >= 0.6 is 0 Å². The lowest BCUT2D eigenvalue weighted by molar-refractivity contribution is 0.0671. The van der Waals surface area contributed by atoms with Crippen LogP contribution in [0.5, 0.6) is 0 Å². The molecule has 0 aromatic carbocycles. The highest BCUT2D eigenvalue weighted by molar-refractivity contribution is 6.39. The van der Waals surface area contributed by atoms with Crippen LogP contribution in [0.15, 0.2) is 10.1 Å². The number of oxime groups is 1. The Labute approximate surface area is 92.8 Å². The third kappa shape index (κ3) is 3.33. The summed E-state index contributed by atoms with van der Waals surface area (Å²) in [6.07, 6.45) is 0. The van der Waals surface area contributed by atoms with Crippen molar-refractivity contribution in [3.63, 3.8) is 0 Å². The molecule has 1 aliphatic heterocycles. The Kier molecular flexibility index (Phi) is 5.54. The molecule has 0 bridgehead atoms. The SMILES string of the molecule is OCCN=C(NO)/C(=N/O)N1CCOCC1. The van der Waals surface area contributed by atoms with Crippen molar-refractivity contribution in [3.05, 3.63) is 0 Å². The second-order valence-corrected chi connectivity index (χ2v) is 3.09. The van der Waals surface area contributed by atoms with E-state index in [9.17, 15) is 0 Å². The number of nitrogens with zero attached hydrogens (tertiary/aromatic N) is 3. The van der Waals surface area contributed by atoms with Gasteiger partial charge >= 0.3 is 0 Å². The summed E-state index contributed by atoms with van der Waals surface area (Å²) in [6, 6.07) is 0. The third-order valence-electron chi connectivity index (χ3n) is 2.09. The van der Waals surface area contributed by atoms with E-state index in [4.69, 9.17) is 20.3 Å². The Morgan fingerprint density at radius 3 is 2.56 bits per heavy atom. The minimum Gasteiger partial charge on any atom is -0.409 e. The summed E-state index contributed by atoms with van der Waals surface area (Å²) in [5.74, 6) is 0.165. The zero-order chi connectivity index (χ0) is 11.8. The molecule has 1 aliphatic rings. The molecule has 0 aromatic heterocycles. The van der Waals surface area contributed by atoms with Crippen molar-refractivity contribution in [2.45, 2.75) is 0 Å². The van der Waals surface area contributed by atoms with Crippen LogP contribution in [0.1, 0.15) is 0 Å². The lowest BCUT2D eigenvalue weighted by Gasteiger charge is -2.28. The van der Waals surface area contributed by atoms with E-state index in [1.807, 2.05) is 5.48 Å². The van der Waals surface area contributed by atoms with Crippen molar-refractivity contribution >= 4 is 11.7 Å². The number of nitrogens with one attached hydrogen (secondary N) is 1. The molecule has 0 unspecified atom stereocenters. The second kappa shape index (κ2) is 6.99. The average Bonchev–Trinajstić information content (AvgIpc) is 2.35. The summed E-state index contributed by atoms with van der Waals surface area (Å²) >= 11 is 0. The minimum atomic E-state index is -0.146. The van der Waals surface area contributed by atoms with Gasteiger partial charge in [-0.3, -0.25) is 10.2 Å². The van der Waals surface area contributed by atoms with Crippen molar-refractivity contribution in [2.24, 2.45) is 10.1 Å². The number of amidine groups is 2. The van der Waals surface area contributed by atoms with Gasteiger partial charge in [0.05, 0.1) is 26.4 Å². The maximum atomic E-state index is 8.89. The van der Waals surface area contributed by atoms with Gasteiger partial charge in [0.25, 0.3) is 0 Å². The van der Waals surface area contributed by atoms with E-state index in [1.165, 1.54) is 0 Å². The van der Waals surface area contributed by atoms with Crippen LogP contribution in [0, 0.1) is 0 Å². The van der Waals surface area contributed by atoms with E-state index in [1.54, 1.807) is 4.90 Å². The monoisotopic (exact) mass is 232 g/mol. The second-order valence-electron chi connectivity index (χ2n) is 3.09. The Bertz CT molecular complexity index is 263. The molecule has 0 radical (unpaired) electrons. The smallest absolute Gasteiger partial charge is 0.212 e. The first-order valence-corrected chi connectivity index (χ1v) is 4.94. The fourth-order valence-corrected chi connectivity index (χ4v) is 1.35. The summed E-state index contributed by atoms with van der Waals surface area (Å²) in [7, 11) is 0. The standard InChI is InChI=1S/C8H16N4O4/c13-4-1-9-7(10-14)8(11-15)12-2-5-16-6-3-12/h13-15H,1-6H2,(H,9,10)/b11-8-. The molecule has 1 rings (SSSR count). The molecule has 0 aliphatic carbocycles. The normalized spacial score (nSPS) is 18.8. The zero-order valence-corrected chi connectivity index (χ0v) is 8.83. The maximum Gasteiger partial charge on any atom is 0.212 e. The molecule has 0 spiro atoms. The molecule has 0 aromatic rings. The van der Waals surface area contributed by atoms with Gasteiger partial charge in [-0.2, -0.15) is 0 Å². The highest BCUT2D eigenvalue weighted by Gasteiger charge is 2.20. The number of morpholine rings is 1. The number of aliphatic hydroxyl groups excluding tert-OH is 1. The van der Waals surface area contributed by atoms with E-state index in [0.717, 1.165) is 0 Å². The summed E-state index contributed by atoms with van der Waals surface area (Å²) in [5.41, 5.74) is 1.85. The largest absolute Gasteiger partial charge is 0.409 e. The van der Waals surface area contributed by atoms with Crippen molar-refractivity contribution in [3.8, 4) is 0 Å². The Hall–Kier alpha value is -1.38. The molecule has 0 amide bonds. The predicted octanol–water partition coefficient (Wildman–Crippen LogP) is -1.52. The van der Waals surface area contributed by atoms with E-state index in [-0.39, 0.29) is 24.8 Å². The first-order valence-electron chi connectivity index (χ1n) is 4.94. The molecule has 0 saturated carbocycles. The van der Waals surface area contributed by atoms with Gasteiger partial charge in [0.2, 0.25) is 5.84 Å². The van der Waals surface area contributed by atoms with E-state index < -0.39 is 0 Å². The summed E-state index contributed by atoms with van der Waals surface area (Å²) in [6.45, 7) is 2.13. The van der Waals surface area contributed by atoms with Crippen LogP contribution in [0.3, 0.4) is 0 Å². The summed E-state index contributed by atoms with van der Waals surface area (Å²) < 4.78 is 5.15. The fraction of sp³-hybridized carbons (Fsp3) is 0.750. The molecule has 16 heavy (non-hydrogen) atoms. The van der Waals surface area contributed by atoms with Crippen molar-refractivity contribution in [2.75, 3.05) is 39.5 Å². The maximum absolute atomic E-state index is 8.89. The topological polar surface area (TPSA) is 110 Å². The highest BCUT2D eigenvalue weighted by atomic mass is 16.5. The van der Waals surface area contributed by atoms with E-state index in [2.05, 4.69) is 10.1 Å². The number of hydroxylamine groups is 1. The molecule has 92 valence electrons. The molecule has 1 saturated heterocycles. The highest BCUT2D eigenvalue weighted by Crippen LogP contribution is 2.00. The molecule has 1 heterocycles. The minimum absolute atomic E-state index is 0.0263. The molecule has 0 atom stereocenters. The predicted molar refractivity (Wildman–Crippen MR) is 55.9 cm³/mol. The molecule has 1 fully saturated rings. The average molecular weight is 232 g/mol. The van der Waals surface area contributed by atoms with Gasteiger partial charge in [-0.25, -0.2) is 5.48 Å². The van der Waals surface area contributed by atoms with Crippen molar-refractivity contribution < 1.29 is 20.3 Å². The van der Waals surface area contributed by atoms with Crippen LogP contribution in [0.25, 0.3) is 0 Å². The lowest BCUT2D eigenvalue weighted by atomic mass is 10.3. The summed E-state index contributed by atoms with van der Waals surface area (Å²) in [4.78, 5) is 5.56. The molecular formula is C8H16N4O4. The molecule has 8 nitrogen and oxygen atoms in total. The lowest BCUT2D eigenvalue weighted by Crippen LogP contribution is -2.47. The van der Waals surface area contributed by atoms with Gasteiger partial charge in [0.15, 0.2) is 5.84 Å². The number of aliphatic hydroxyl groups is 1. The third-order valence-corrected chi connectivity index (χ3v) is 2.09. The van der Waals surface area contributed by atoms with Gasteiger partial charge in [0.1, 0.15) is 0 Å². The van der Waals surface area contributed by atoms with Crippen molar-refractivity contribution in [1.82, 2.24) is 10.4 Å². The Morgan fingerprint density at radius 2 is 2.06 bits per heavy atom. The fourth-order valence-electron chi connectivity index (χ4n) is 1.35. The van der Waals surface area contributed by atoms with E-state index >= 15 is 0 Å². The number of hydrogen-bond donors (Lipinski definition) is 4. The molecule has 4 N–H and O–H groups in total.